The summed E-state index contributed by atoms with van der Waals surface area (Å²) in [4.78, 5) is 24.1. The minimum atomic E-state index is -0.759. The molecule has 0 saturated carbocycles. The number of ether oxygens (including phenoxy) is 3. The first kappa shape index (κ1) is 21.5. The van der Waals surface area contributed by atoms with Gasteiger partial charge in [-0.1, -0.05) is 31.5 Å². The van der Waals surface area contributed by atoms with Gasteiger partial charge in [0.2, 0.25) is 0 Å². The van der Waals surface area contributed by atoms with Crippen LogP contribution in [0.25, 0.3) is 0 Å². The first-order valence-corrected chi connectivity index (χ1v) is 8.90. The summed E-state index contributed by atoms with van der Waals surface area (Å²) >= 11 is 6.20. The Kier molecular flexibility index (Phi) is 7.63. The van der Waals surface area contributed by atoms with Crippen molar-refractivity contribution in [1.82, 2.24) is 0 Å². The molecule has 28 heavy (non-hydrogen) atoms. The fraction of sp³-hybridized carbons (Fsp3) is 0.300. The van der Waals surface area contributed by atoms with Gasteiger partial charge in [-0.2, -0.15) is 0 Å². The molecule has 0 saturated heterocycles. The Morgan fingerprint density at radius 3 is 2.61 bits per heavy atom. The molecule has 0 fully saturated rings. The average molecular weight is 410 g/mol. The summed E-state index contributed by atoms with van der Waals surface area (Å²) in [6, 6.07) is 8.18. The summed E-state index contributed by atoms with van der Waals surface area (Å²) in [5.41, 5.74) is 0.370. The third kappa shape index (κ3) is 6.13. The van der Waals surface area contributed by atoms with Crippen LogP contribution < -0.4 is 14.8 Å². The molecule has 0 aromatic heterocycles. The fourth-order valence-electron chi connectivity index (χ4n) is 2.21. The Hall–Kier alpha value is -2.80. The molecule has 0 radical (unpaired) electrons. The third-order valence-corrected chi connectivity index (χ3v) is 3.75. The highest BCUT2D eigenvalue weighted by Crippen LogP contribution is 2.36. The highest BCUT2D eigenvalue weighted by molar-refractivity contribution is 6.32. The van der Waals surface area contributed by atoms with Crippen molar-refractivity contribution in [3.05, 3.63) is 52.8 Å². The number of carbonyl (C=O) groups excluding carboxylic acids is 2. The van der Waals surface area contributed by atoms with Gasteiger partial charge in [0.05, 0.1) is 24.3 Å². The summed E-state index contributed by atoms with van der Waals surface area (Å²) in [6.07, 6.45) is 0. The summed E-state index contributed by atoms with van der Waals surface area (Å²) < 4.78 is 29.0. The number of amides is 1. The molecule has 0 unspecified atom stereocenters. The number of hydrogen-bond acceptors (Lipinski definition) is 5. The molecule has 2 rings (SSSR count). The Balaban J connectivity index is 2.01. The van der Waals surface area contributed by atoms with E-state index in [2.05, 4.69) is 5.32 Å². The molecule has 8 heteroatoms. The van der Waals surface area contributed by atoms with Crippen LogP contribution >= 0.6 is 11.6 Å². The number of hydrogen-bond donors (Lipinski definition) is 1. The molecular formula is C20H21ClFNO5. The van der Waals surface area contributed by atoms with E-state index in [4.69, 9.17) is 25.8 Å². The Bertz CT molecular complexity index is 856. The van der Waals surface area contributed by atoms with Crippen molar-refractivity contribution in [2.75, 3.05) is 25.6 Å². The summed E-state index contributed by atoms with van der Waals surface area (Å²) in [6.45, 7) is 3.86. The number of methoxy groups -OCH3 is 1. The van der Waals surface area contributed by atoms with Gasteiger partial charge in [-0.3, -0.25) is 4.79 Å². The second-order valence-electron chi connectivity index (χ2n) is 6.33. The van der Waals surface area contributed by atoms with E-state index in [-0.39, 0.29) is 27.9 Å². The molecule has 1 N–H and O–H groups in total. The van der Waals surface area contributed by atoms with E-state index in [0.29, 0.717) is 12.4 Å². The molecule has 0 aliphatic carbocycles. The molecule has 0 aliphatic heterocycles. The van der Waals surface area contributed by atoms with Crippen LogP contribution in [0.3, 0.4) is 0 Å². The maximum Gasteiger partial charge on any atom is 0.338 e. The van der Waals surface area contributed by atoms with Gasteiger partial charge in [-0.25, -0.2) is 9.18 Å². The largest absolute Gasteiger partial charge is 0.493 e. The van der Waals surface area contributed by atoms with E-state index < -0.39 is 24.3 Å². The maximum atomic E-state index is 13.1. The zero-order valence-electron chi connectivity index (χ0n) is 15.8. The average Bonchev–Trinajstić information content (AvgIpc) is 2.64. The first-order chi connectivity index (χ1) is 13.3. The van der Waals surface area contributed by atoms with Gasteiger partial charge in [-0.05, 0) is 36.2 Å². The molecule has 0 aliphatic rings. The number of esters is 1. The molecule has 0 heterocycles. The number of rotatable bonds is 8. The van der Waals surface area contributed by atoms with Crippen LogP contribution in [0.5, 0.6) is 11.5 Å². The van der Waals surface area contributed by atoms with Gasteiger partial charge < -0.3 is 19.5 Å². The summed E-state index contributed by atoms with van der Waals surface area (Å²) in [5.74, 6) is -0.959. The van der Waals surface area contributed by atoms with E-state index in [1.54, 1.807) is 0 Å². The highest BCUT2D eigenvalue weighted by atomic mass is 35.5. The van der Waals surface area contributed by atoms with E-state index in [1.807, 2.05) is 13.8 Å². The number of benzene rings is 2. The minimum Gasteiger partial charge on any atom is -0.493 e. The molecule has 2 aromatic carbocycles. The van der Waals surface area contributed by atoms with Crippen molar-refractivity contribution in [1.29, 1.82) is 0 Å². The Morgan fingerprint density at radius 1 is 1.21 bits per heavy atom. The van der Waals surface area contributed by atoms with E-state index in [9.17, 15) is 14.0 Å². The zero-order chi connectivity index (χ0) is 20.7. The van der Waals surface area contributed by atoms with Crippen molar-refractivity contribution in [2.24, 2.45) is 5.92 Å². The van der Waals surface area contributed by atoms with E-state index in [1.165, 1.54) is 37.4 Å². The molecule has 0 bridgehead atoms. The smallest absolute Gasteiger partial charge is 0.338 e. The van der Waals surface area contributed by atoms with Crippen molar-refractivity contribution in [2.45, 2.75) is 13.8 Å². The minimum absolute atomic E-state index is 0.109. The van der Waals surface area contributed by atoms with E-state index in [0.717, 1.165) is 6.07 Å². The number of carbonyl (C=O) groups is 2. The topological polar surface area (TPSA) is 73.9 Å². The first-order valence-electron chi connectivity index (χ1n) is 8.53. The van der Waals surface area contributed by atoms with Crippen molar-refractivity contribution in [3.63, 3.8) is 0 Å². The lowest BCUT2D eigenvalue weighted by atomic mass is 10.2. The van der Waals surface area contributed by atoms with Crippen molar-refractivity contribution >= 4 is 29.2 Å². The fourth-order valence-corrected chi connectivity index (χ4v) is 2.47. The lowest BCUT2D eigenvalue weighted by Gasteiger charge is -2.15. The monoisotopic (exact) mass is 409 g/mol. The van der Waals surface area contributed by atoms with Gasteiger partial charge in [0.25, 0.3) is 5.91 Å². The third-order valence-electron chi connectivity index (χ3n) is 3.47. The summed E-state index contributed by atoms with van der Waals surface area (Å²) in [5, 5.41) is 2.62. The number of nitrogens with one attached hydrogen (secondary N) is 1. The van der Waals surface area contributed by atoms with Gasteiger partial charge in [-0.15, -0.1) is 0 Å². The SMILES string of the molecule is COc1cc(C(=O)OCC(=O)Nc2cccc(F)c2)cc(Cl)c1OCC(C)C. The molecule has 0 atom stereocenters. The van der Waals surface area contributed by atoms with Crippen LogP contribution in [-0.4, -0.2) is 32.2 Å². The van der Waals surface area contributed by atoms with Gasteiger partial charge in [0.15, 0.2) is 18.1 Å². The molecule has 2 aromatic rings. The second kappa shape index (κ2) is 9.94. The molecule has 1 amide bonds. The van der Waals surface area contributed by atoms with Crippen LogP contribution in [0.2, 0.25) is 5.02 Å². The molecule has 0 spiro atoms. The van der Waals surface area contributed by atoms with Crippen LogP contribution in [-0.2, 0) is 9.53 Å². The van der Waals surface area contributed by atoms with Crippen LogP contribution in [0.1, 0.15) is 24.2 Å². The predicted octanol–water partition coefficient (Wildman–Crippen LogP) is 4.32. The molecular weight excluding hydrogens is 389 g/mol. The Morgan fingerprint density at radius 2 is 1.96 bits per heavy atom. The second-order valence-corrected chi connectivity index (χ2v) is 6.74. The van der Waals surface area contributed by atoms with Gasteiger partial charge >= 0.3 is 5.97 Å². The summed E-state index contributed by atoms with van der Waals surface area (Å²) in [7, 11) is 1.43. The van der Waals surface area contributed by atoms with Crippen LogP contribution in [0.15, 0.2) is 36.4 Å². The van der Waals surface area contributed by atoms with Crippen LogP contribution in [0.4, 0.5) is 10.1 Å². The van der Waals surface area contributed by atoms with Gasteiger partial charge in [0.1, 0.15) is 5.82 Å². The standard InChI is InChI=1S/C20H21ClFNO5/c1-12(2)10-27-19-16(21)7-13(8-17(19)26-3)20(25)28-11-18(24)23-15-6-4-5-14(22)9-15/h4-9,12H,10-11H2,1-3H3,(H,23,24). The quantitative estimate of drug-likeness (QED) is 0.657. The number of halogens is 2. The maximum absolute atomic E-state index is 13.1. The highest BCUT2D eigenvalue weighted by Gasteiger charge is 2.18. The molecule has 150 valence electrons. The predicted molar refractivity (Wildman–Crippen MR) is 104 cm³/mol. The van der Waals surface area contributed by atoms with Crippen molar-refractivity contribution < 1.29 is 28.2 Å². The lowest BCUT2D eigenvalue weighted by molar-refractivity contribution is -0.119. The van der Waals surface area contributed by atoms with Crippen molar-refractivity contribution in [3.8, 4) is 11.5 Å². The van der Waals surface area contributed by atoms with E-state index >= 15 is 0 Å². The number of anilines is 1. The normalized spacial score (nSPS) is 10.5. The zero-order valence-corrected chi connectivity index (χ0v) is 16.5. The lowest BCUT2D eigenvalue weighted by Crippen LogP contribution is -2.21. The van der Waals surface area contributed by atoms with Crippen LogP contribution in [0, 0.1) is 11.7 Å². The Labute approximate surface area is 167 Å². The molecule has 6 nitrogen and oxygen atoms in total. The van der Waals surface area contributed by atoms with Gasteiger partial charge in [0, 0.05) is 5.69 Å².